The minimum atomic E-state index is 0.163. The molecule has 0 aliphatic carbocycles. The first-order valence-corrected chi connectivity index (χ1v) is 7.97. The number of aromatic nitrogens is 3. The maximum Gasteiger partial charge on any atom is 0.0822 e. The fraction of sp³-hybridized carbons (Fsp3) is 0.500. The Bertz CT molecular complexity index is 643. The van der Waals surface area contributed by atoms with Crippen molar-refractivity contribution >= 4 is 17.3 Å². The number of hydrogen-bond acceptors (Lipinski definition) is 4. The van der Waals surface area contributed by atoms with E-state index in [-0.39, 0.29) is 18.4 Å². The Morgan fingerprint density at radius 2 is 2.18 bits per heavy atom. The average Bonchev–Trinajstić information content (AvgIpc) is 3.14. The Balaban J connectivity index is 1.84. The molecule has 5 nitrogen and oxygen atoms in total. The molecule has 2 atom stereocenters. The summed E-state index contributed by atoms with van der Waals surface area (Å²) in [5.74, 6) is 0.454. The van der Waals surface area contributed by atoms with Crippen molar-refractivity contribution in [3.63, 3.8) is 0 Å². The highest BCUT2D eigenvalue weighted by Crippen LogP contribution is 2.37. The van der Waals surface area contributed by atoms with Gasteiger partial charge in [-0.25, -0.2) is 0 Å². The van der Waals surface area contributed by atoms with Crippen LogP contribution >= 0.6 is 11.6 Å². The highest BCUT2D eigenvalue weighted by atomic mass is 35.5. The Kier molecular flexibility index (Phi) is 4.36. The van der Waals surface area contributed by atoms with Gasteiger partial charge in [-0.1, -0.05) is 11.6 Å². The lowest BCUT2D eigenvalue weighted by molar-refractivity contribution is 0.227. The van der Waals surface area contributed by atoms with Gasteiger partial charge in [0.05, 0.1) is 16.9 Å². The largest absolute Gasteiger partial charge is 0.396 e. The van der Waals surface area contributed by atoms with Crippen LogP contribution in [0.15, 0.2) is 30.9 Å². The SMILES string of the molecule is CC(C)n1cc([C@@H]2CN(c3ccncc3Cl)C[C@H]2CO)cn1. The summed E-state index contributed by atoms with van der Waals surface area (Å²) < 4.78 is 1.96. The van der Waals surface area contributed by atoms with Crippen LogP contribution in [-0.4, -0.2) is 39.6 Å². The van der Waals surface area contributed by atoms with Gasteiger partial charge in [-0.05, 0) is 25.5 Å². The average molecular weight is 321 g/mol. The molecule has 1 fully saturated rings. The topological polar surface area (TPSA) is 54.2 Å². The second-order valence-corrected chi connectivity index (χ2v) is 6.54. The minimum absolute atomic E-state index is 0.163. The smallest absolute Gasteiger partial charge is 0.0822 e. The van der Waals surface area contributed by atoms with E-state index in [9.17, 15) is 5.11 Å². The van der Waals surface area contributed by atoms with E-state index in [1.54, 1.807) is 12.4 Å². The fourth-order valence-corrected chi connectivity index (χ4v) is 3.32. The minimum Gasteiger partial charge on any atom is -0.396 e. The summed E-state index contributed by atoms with van der Waals surface area (Å²) in [5.41, 5.74) is 2.16. The van der Waals surface area contributed by atoms with Crippen LogP contribution in [0.3, 0.4) is 0 Å². The molecule has 2 aromatic rings. The molecular formula is C16H21ClN4O. The van der Waals surface area contributed by atoms with E-state index in [0.29, 0.717) is 11.1 Å². The first kappa shape index (κ1) is 15.3. The Morgan fingerprint density at radius 3 is 2.82 bits per heavy atom. The molecule has 1 aliphatic heterocycles. The van der Waals surface area contributed by atoms with Gasteiger partial charge in [0, 0.05) is 56.2 Å². The number of halogens is 1. The number of rotatable bonds is 4. The predicted molar refractivity (Wildman–Crippen MR) is 87.4 cm³/mol. The van der Waals surface area contributed by atoms with E-state index in [2.05, 4.69) is 35.0 Å². The molecule has 1 N–H and O–H groups in total. The van der Waals surface area contributed by atoms with Crippen LogP contribution in [0.1, 0.15) is 31.4 Å². The molecule has 2 aromatic heterocycles. The summed E-state index contributed by atoms with van der Waals surface area (Å²) >= 11 is 6.25. The zero-order valence-electron chi connectivity index (χ0n) is 12.9. The van der Waals surface area contributed by atoms with E-state index < -0.39 is 0 Å². The Morgan fingerprint density at radius 1 is 1.36 bits per heavy atom. The molecule has 0 aromatic carbocycles. The summed E-state index contributed by atoms with van der Waals surface area (Å²) in [6.45, 7) is 6.00. The third kappa shape index (κ3) is 2.83. The lowest BCUT2D eigenvalue weighted by Gasteiger charge is -2.19. The van der Waals surface area contributed by atoms with Crippen molar-refractivity contribution in [3.05, 3.63) is 41.4 Å². The first-order chi connectivity index (χ1) is 10.6. The molecule has 1 saturated heterocycles. The number of anilines is 1. The fourth-order valence-electron chi connectivity index (χ4n) is 3.08. The van der Waals surface area contributed by atoms with E-state index in [1.807, 2.05) is 16.9 Å². The van der Waals surface area contributed by atoms with Crippen molar-refractivity contribution < 1.29 is 5.11 Å². The normalized spacial score (nSPS) is 21.8. The van der Waals surface area contributed by atoms with Gasteiger partial charge in [0.15, 0.2) is 0 Å². The maximum atomic E-state index is 9.75. The number of aliphatic hydroxyl groups excluding tert-OH is 1. The molecule has 0 spiro atoms. The maximum absolute atomic E-state index is 9.75. The molecule has 1 aliphatic rings. The zero-order valence-corrected chi connectivity index (χ0v) is 13.6. The molecule has 3 rings (SSSR count). The van der Waals surface area contributed by atoms with Gasteiger partial charge in [-0.2, -0.15) is 5.10 Å². The molecule has 3 heterocycles. The van der Waals surface area contributed by atoms with Crippen LogP contribution in [0.4, 0.5) is 5.69 Å². The zero-order chi connectivity index (χ0) is 15.7. The lowest BCUT2D eigenvalue weighted by Crippen LogP contribution is -2.20. The Hall–Kier alpha value is -1.59. The van der Waals surface area contributed by atoms with Crippen LogP contribution in [0.5, 0.6) is 0 Å². The van der Waals surface area contributed by atoms with E-state index in [1.165, 1.54) is 5.56 Å². The summed E-state index contributed by atoms with van der Waals surface area (Å²) in [6.07, 6.45) is 7.43. The van der Waals surface area contributed by atoms with E-state index in [4.69, 9.17) is 11.6 Å². The number of pyridine rings is 1. The van der Waals surface area contributed by atoms with Gasteiger partial charge in [-0.3, -0.25) is 9.67 Å². The molecule has 0 radical (unpaired) electrons. The number of hydrogen-bond donors (Lipinski definition) is 1. The summed E-state index contributed by atoms with van der Waals surface area (Å²) in [6, 6.07) is 2.27. The van der Waals surface area contributed by atoms with Crippen LogP contribution in [0.2, 0.25) is 5.02 Å². The molecule has 0 unspecified atom stereocenters. The van der Waals surface area contributed by atoms with Crippen LogP contribution < -0.4 is 4.90 Å². The third-order valence-electron chi connectivity index (χ3n) is 4.35. The molecule has 0 amide bonds. The van der Waals surface area contributed by atoms with E-state index >= 15 is 0 Å². The van der Waals surface area contributed by atoms with Gasteiger partial charge < -0.3 is 10.0 Å². The Labute approximate surface area is 135 Å². The highest BCUT2D eigenvalue weighted by molar-refractivity contribution is 6.33. The van der Waals surface area contributed by atoms with Gasteiger partial charge in [-0.15, -0.1) is 0 Å². The second kappa shape index (κ2) is 6.26. The lowest BCUT2D eigenvalue weighted by atomic mass is 9.92. The first-order valence-electron chi connectivity index (χ1n) is 7.59. The molecule has 6 heteroatoms. The predicted octanol–water partition coefficient (Wildman–Crippen LogP) is 2.72. The van der Waals surface area contributed by atoms with Crippen LogP contribution in [0.25, 0.3) is 0 Å². The monoisotopic (exact) mass is 320 g/mol. The van der Waals surface area contributed by atoms with Crippen molar-refractivity contribution in [2.75, 3.05) is 24.6 Å². The van der Waals surface area contributed by atoms with Crippen molar-refractivity contribution in [2.45, 2.75) is 25.8 Å². The van der Waals surface area contributed by atoms with Crippen LogP contribution in [0, 0.1) is 5.92 Å². The number of aliphatic hydroxyl groups is 1. The van der Waals surface area contributed by atoms with Crippen molar-refractivity contribution in [1.82, 2.24) is 14.8 Å². The quantitative estimate of drug-likeness (QED) is 0.941. The van der Waals surface area contributed by atoms with E-state index in [0.717, 1.165) is 18.8 Å². The van der Waals surface area contributed by atoms with Crippen molar-refractivity contribution in [2.24, 2.45) is 5.92 Å². The standard InChI is InChI=1S/C16H21ClN4O/c1-11(2)21-8-12(5-19-21)14-9-20(7-13(14)10-22)16-3-4-18-6-15(16)17/h3-6,8,11,13-14,22H,7,9-10H2,1-2H3/t13-,14-/m0/s1. The number of nitrogens with zero attached hydrogens (tertiary/aromatic N) is 4. The van der Waals surface area contributed by atoms with Gasteiger partial charge in [0.2, 0.25) is 0 Å². The summed E-state index contributed by atoms with van der Waals surface area (Å²) in [4.78, 5) is 6.26. The van der Waals surface area contributed by atoms with Gasteiger partial charge in [0.1, 0.15) is 0 Å². The van der Waals surface area contributed by atoms with Gasteiger partial charge >= 0.3 is 0 Å². The highest BCUT2D eigenvalue weighted by Gasteiger charge is 2.35. The molecule has 22 heavy (non-hydrogen) atoms. The van der Waals surface area contributed by atoms with Gasteiger partial charge in [0.25, 0.3) is 0 Å². The summed E-state index contributed by atoms with van der Waals surface area (Å²) in [7, 11) is 0. The third-order valence-corrected chi connectivity index (χ3v) is 4.64. The van der Waals surface area contributed by atoms with Crippen molar-refractivity contribution in [1.29, 1.82) is 0 Å². The molecule has 0 bridgehead atoms. The summed E-state index contributed by atoms with van der Waals surface area (Å²) in [5, 5.41) is 14.8. The molecular weight excluding hydrogens is 300 g/mol. The molecule has 118 valence electrons. The van der Waals surface area contributed by atoms with Crippen molar-refractivity contribution in [3.8, 4) is 0 Å². The second-order valence-electron chi connectivity index (χ2n) is 6.13. The van der Waals surface area contributed by atoms with Crippen LogP contribution in [-0.2, 0) is 0 Å². The molecule has 0 saturated carbocycles.